The Balaban J connectivity index is 0.000000673. The number of hydrogen-bond donors (Lipinski definition) is 3. The number of amides is 1. The topological polar surface area (TPSA) is 69.6 Å². The fourth-order valence-electron chi connectivity index (χ4n) is 1.03. The second-order valence-corrected chi connectivity index (χ2v) is 3.41. The molecule has 0 heterocycles. The maximum absolute atomic E-state index is 10.6. The van der Waals surface area contributed by atoms with E-state index in [0.717, 1.165) is 11.4 Å². The van der Waals surface area contributed by atoms with Gasteiger partial charge in [0.15, 0.2) is 0 Å². The molecule has 0 saturated heterocycles. The van der Waals surface area contributed by atoms with Crippen molar-refractivity contribution in [2.24, 2.45) is 0 Å². The van der Waals surface area contributed by atoms with Crippen molar-refractivity contribution in [2.45, 2.75) is 13.3 Å². The summed E-state index contributed by atoms with van der Waals surface area (Å²) in [7, 11) is 0. The Morgan fingerprint density at radius 1 is 1.38 bits per heavy atom. The minimum Gasteiger partial charge on any atom is -0.429 e. The van der Waals surface area contributed by atoms with Crippen molar-refractivity contribution in [3.8, 4) is 0 Å². The fourth-order valence-corrected chi connectivity index (χ4v) is 1.16. The summed E-state index contributed by atoms with van der Waals surface area (Å²) in [5.41, 5.74) is 1.18. The monoisotopic (exact) mass is 242 g/mol. The van der Waals surface area contributed by atoms with Crippen LogP contribution in [0, 0.1) is 0 Å². The highest BCUT2D eigenvalue weighted by Gasteiger charge is 1.94. The molecule has 0 spiro atoms. The van der Waals surface area contributed by atoms with Crippen LogP contribution < -0.4 is 5.32 Å². The molecule has 87 valence electrons. The predicted octanol–water partition coefficient (Wildman–Crippen LogP) is 0.524. The van der Waals surface area contributed by atoms with Crippen LogP contribution >= 0.6 is 11.6 Å². The molecule has 0 aliphatic carbocycles. The van der Waals surface area contributed by atoms with Crippen LogP contribution in [0.25, 0.3) is 0 Å². The molecule has 1 radical (unpaired) electrons. The average molecular weight is 242 g/mol. The number of hydrogen-bond acceptors (Lipinski definition) is 3. The van der Waals surface area contributed by atoms with E-state index in [1.165, 1.54) is 12.5 Å². The van der Waals surface area contributed by atoms with E-state index in [1.807, 2.05) is 24.3 Å². The Kier molecular flexibility index (Phi) is 8.61. The lowest BCUT2D eigenvalue weighted by Gasteiger charge is -2.01. The van der Waals surface area contributed by atoms with Gasteiger partial charge in [-0.25, -0.2) is 0 Å². The van der Waals surface area contributed by atoms with E-state index in [1.54, 1.807) is 0 Å². The van der Waals surface area contributed by atoms with E-state index < -0.39 is 0 Å². The zero-order chi connectivity index (χ0) is 12.4. The van der Waals surface area contributed by atoms with E-state index in [9.17, 15) is 4.79 Å². The molecule has 3 N–H and O–H groups in total. The molecular formula is C10H14BClNO3. The zero-order valence-electron chi connectivity index (χ0n) is 8.98. The largest absolute Gasteiger partial charge is 0.482 e. The van der Waals surface area contributed by atoms with Crippen molar-refractivity contribution in [3.63, 3.8) is 0 Å². The third-order valence-corrected chi connectivity index (χ3v) is 1.95. The molecule has 6 heteroatoms. The lowest BCUT2D eigenvalue weighted by atomic mass is 10.1. The summed E-state index contributed by atoms with van der Waals surface area (Å²) in [5, 5.41) is 17.5. The van der Waals surface area contributed by atoms with Gasteiger partial charge in [-0.05, 0) is 24.1 Å². The van der Waals surface area contributed by atoms with E-state index >= 15 is 0 Å². The first kappa shape index (κ1) is 15.0. The van der Waals surface area contributed by atoms with Crippen LogP contribution in [0.4, 0.5) is 0 Å². The van der Waals surface area contributed by atoms with Gasteiger partial charge in [0.05, 0.1) is 0 Å². The van der Waals surface area contributed by atoms with Gasteiger partial charge in [0, 0.05) is 18.5 Å². The van der Waals surface area contributed by atoms with Crippen LogP contribution in [-0.4, -0.2) is 30.2 Å². The molecule has 0 fully saturated rings. The first-order valence-electron chi connectivity index (χ1n) is 4.69. The smallest absolute Gasteiger partial charge is 0.429 e. The van der Waals surface area contributed by atoms with Crippen LogP contribution in [0.1, 0.15) is 12.5 Å². The Morgan fingerprint density at radius 3 is 2.31 bits per heavy atom. The van der Waals surface area contributed by atoms with Gasteiger partial charge in [-0.2, -0.15) is 0 Å². The van der Waals surface area contributed by atoms with Crippen molar-refractivity contribution in [2.75, 3.05) is 6.54 Å². The summed E-state index contributed by atoms with van der Waals surface area (Å²) < 4.78 is 0. The lowest BCUT2D eigenvalue weighted by Crippen LogP contribution is -2.22. The second kappa shape index (κ2) is 9.21. The number of benzene rings is 1. The SMILES string of the molecule is CC(=O)NCCc1ccc(Cl)cc1.O[B]O. The van der Waals surface area contributed by atoms with Crippen LogP contribution in [0.2, 0.25) is 5.02 Å². The summed E-state index contributed by atoms with van der Waals surface area (Å²) in [4.78, 5) is 10.6. The number of carbonyl (C=O) groups is 1. The van der Waals surface area contributed by atoms with Gasteiger partial charge in [-0.3, -0.25) is 4.79 Å². The number of rotatable bonds is 3. The molecule has 0 saturated carbocycles. The Morgan fingerprint density at radius 2 is 1.88 bits per heavy atom. The summed E-state index contributed by atoms with van der Waals surface area (Å²) >= 11 is 5.73. The first-order chi connectivity index (χ1) is 7.60. The molecule has 1 aromatic carbocycles. The van der Waals surface area contributed by atoms with E-state index in [-0.39, 0.29) is 13.6 Å². The molecule has 1 rings (SSSR count). The van der Waals surface area contributed by atoms with Gasteiger partial charge in [0.25, 0.3) is 0 Å². The Hall–Kier alpha value is -1.04. The van der Waals surface area contributed by atoms with Crippen molar-refractivity contribution < 1.29 is 14.8 Å². The van der Waals surface area contributed by atoms with Crippen molar-refractivity contribution in [1.29, 1.82) is 0 Å². The normalized spacial score (nSPS) is 8.75. The van der Waals surface area contributed by atoms with Gasteiger partial charge in [-0.1, -0.05) is 23.7 Å². The van der Waals surface area contributed by atoms with Crippen LogP contribution in [-0.2, 0) is 11.2 Å². The molecule has 0 aliphatic rings. The minimum atomic E-state index is 0. The summed E-state index contributed by atoms with van der Waals surface area (Å²) in [6.45, 7) is 2.19. The Bertz CT molecular complexity index is 305. The van der Waals surface area contributed by atoms with Crippen molar-refractivity contribution >= 4 is 25.2 Å². The maximum Gasteiger partial charge on any atom is 0.482 e. The molecule has 16 heavy (non-hydrogen) atoms. The van der Waals surface area contributed by atoms with Crippen molar-refractivity contribution in [1.82, 2.24) is 5.32 Å². The summed E-state index contributed by atoms with van der Waals surface area (Å²) in [6, 6.07) is 7.63. The number of halogens is 1. The number of nitrogens with one attached hydrogen (secondary N) is 1. The summed E-state index contributed by atoms with van der Waals surface area (Å²) in [5.74, 6) is 0.00830. The molecule has 0 aliphatic heterocycles. The van der Waals surface area contributed by atoms with Crippen LogP contribution in [0.3, 0.4) is 0 Å². The van der Waals surface area contributed by atoms with Gasteiger partial charge in [-0.15, -0.1) is 0 Å². The predicted molar refractivity (Wildman–Crippen MR) is 64.0 cm³/mol. The van der Waals surface area contributed by atoms with Crippen LogP contribution in [0.5, 0.6) is 0 Å². The number of carbonyl (C=O) groups excluding carboxylic acids is 1. The second-order valence-electron chi connectivity index (χ2n) is 2.97. The van der Waals surface area contributed by atoms with E-state index in [4.69, 9.17) is 21.6 Å². The van der Waals surface area contributed by atoms with Gasteiger partial charge in [0.2, 0.25) is 5.91 Å². The summed E-state index contributed by atoms with van der Waals surface area (Å²) in [6.07, 6.45) is 0.844. The molecular weight excluding hydrogens is 228 g/mol. The molecule has 0 atom stereocenters. The third kappa shape index (κ3) is 8.29. The lowest BCUT2D eigenvalue weighted by molar-refractivity contribution is -0.118. The van der Waals surface area contributed by atoms with Gasteiger partial charge >= 0.3 is 7.69 Å². The first-order valence-corrected chi connectivity index (χ1v) is 5.07. The molecule has 0 unspecified atom stereocenters. The molecule has 0 bridgehead atoms. The highest BCUT2D eigenvalue weighted by molar-refractivity contribution is 6.30. The molecule has 1 amide bonds. The maximum atomic E-state index is 10.6. The van der Waals surface area contributed by atoms with Gasteiger partial charge < -0.3 is 15.4 Å². The highest BCUT2D eigenvalue weighted by Crippen LogP contribution is 2.09. The van der Waals surface area contributed by atoms with Crippen LogP contribution in [0.15, 0.2) is 24.3 Å². The fraction of sp³-hybridized carbons (Fsp3) is 0.300. The molecule has 4 nitrogen and oxygen atoms in total. The minimum absolute atomic E-state index is 0. The Labute approximate surface area is 101 Å². The van der Waals surface area contributed by atoms with E-state index in [2.05, 4.69) is 5.32 Å². The average Bonchev–Trinajstić information content (AvgIpc) is 2.22. The van der Waals surface area contributed by atoms with Crippen molar-refractivity contribution in [3.05, 3.63) is 34.9 Å². The quantitative estimate of drug-likeness (QED) is 0.677. The molecule has 0 aromatic heterocycles. The standard InChI is InChI=1S/C10H12ClNO.BH2O2/c1-8(13)12-7-6-9-2-4-10(11)5-3-9;2-1-3/h2-5H,6-7H2,1H3,(H,12,13);2-3H. The van der Waals surface area contributed by atoms with Gasteiger partial charge in [0.1, 0.15) is 0 Å². The van der Waals surface area contributed by atoms with E-state index in [0.29, 0.717) is 6.54 Å². The highest BCUT2D eigenvalue weighted by atomic mass is 35.5. The zero-order valence-corrected chi connectivity index (χ0v) is 9.74. The molecule has 1 aromatic rings. The third-order valence-electron chi connectivity index (χ3n) is 1.70.